The minimum Gasteiger partial charge on any atom is -0.399 e. The lowest BCUT2D eigenvalue weighted by Crippen LogP contribution is -2.12. The molecular formula is C13H20FNO2S. The Hall–Kier alpha value is -1.10. The van der Waals surface area contributed by atoms with Gasteiger partial charge >= 0.3 is 0 Å². The fraction of sp³-hybridized carbons (Fsp3) is 0.538. The summed E-state index contributed by atoms with van der Waals surface area (Å²) < 4.78 is 37.1. The summed E-state index contributed by atoms with van der Waals surface area (Å²) in [5.74, 6) is -0.600. The molecule has 0 aromatic heterocycles. The van der Waals surface area contributed by atoms with Crippen LogP contribution in [0.1, 0.15) is 33.6 Å². The zero-order valence-corrected chi connectivity index (χ0v) is 11.8. The van der Waals surface area contributed by atoms with E-state index in [1.54, 1.807) is 0 Å². The van der Waals surface area contributed by atoms with Gasteiger partial charge in [-0.05, 0) is 36.5 Å². The van der Waals surface area contributed by atoms with Crippen molar-refractivity contribution < 1.29 is 12.8 Å². The van der Waals surface area contributed by atoms with E-state index in [1.165, 1.54) is 6.07 Å². The van der Waals surface area contributed by atoms with Crippen LogP contribution >= 0.6 is 0 Å². The molecular weight excluding hydrogens is 253 g/mol. The van der Waals surface area contributed by atoms with Crippen molar-refractivity contribution in [2.24, 2.45) is 5.41 Å². The monoisotopic (exact) mass is 273 g/mol. The second kappa shape index (κ2) is 5.26. The Morgan fingerprint density at radius 3 is 2.33 bits per heavy atom. The summed E-state index contributed by atoms with van der Waals surface area (Å²) in [6.45, 7) is 6.17. The van der Waals surface area contributed by atoms with Crippen molar-refractivity contribution in [3.63, 3.8) is 0 Å². The van der Waals surface area contributed by atoms with Crippen LogP contribution in [0.4, 0.5) is 10.1 Å². The molecule has 0 radical (unpaired) electrons. The van der Waals surface area contributed by atoms with Gasteiger partial charge in [0.25, 0.3) is 0 Å². The van der Waals surface area contributed by atoms with E-state index in [4.69, 9.17) is 5.73 Å². The topological polar surface area (TPSA) is 60.2 Å². The van der Waals surface area contributed by atoms with Gasteiger partial charge in [0.2, 0.25) is 0 Å². The minimum absolute atomic E-state index is 0.0210. The van der Waals surface area contributed by atoms with Crippen molar-refractivity contribution in [3.8, 4) is 0 Å². The van der Waals surface area contributed by atoms with Crippen LogP contribution in [0.25, 0.3) is 0 Å². The molecule has 0 amide bonds. The average Bonchev–Trinajstić information content (AvgIpc) is 2.13. The molecule has 1 aromatic rings. The fourth-order valence-electron chi connectivity index (χ4n) is 1.67. The maximum atomic E-state index is 13.1. The molecule has 0 saturated heterocycles. The van der Waals surface area contributed by atoms with Crippen LogP contribution in [0.15, 0.2) is 23.1 Å². The quantitative estimate of drug-likeness (QED) is 0.858. The Labute approximate surface area is 108 Å². The molecule has 0 aliphatic heterocycles. The van der Waals surface area contributed by atoms with Gasteiger partial charge in [-0.1, -0.05) is 20.8 Å². The van der Waals surface area contributed by atoms with Crippen LogP contribution in [0, 0.1) is 11.2 Å². The first-order chi connectivity index (χ1) is 8.10. The van der Waals surface area contributed by atoms with Gasteiger partial charge in [-0.25, -0.2) is 12.8 Å². The SMILES string of the molecule is CC(C)(C)CCCS(=O)(=O)c1cc(N)cc(F)c1. The Kier molecular flexibility index (Phi) is 4.37. The Morgan fingerprint density at radius 1 is 1.22 bits per heavy atom. The van der Waals surface area contributed by atoms with Crippen molar-refractivity contribution in [2.75, 3.05) is 11.5 Å². The summed E-state index contributed by atoms with van der Waals surface area (Å²) in [6, 6.07) is 3.42. The van der Waals surface area contributed by atoms with Gasteiger partial charge < -0.3 is 5.73 Å². The molecule has 0 atom stereocenters. The van der Waals surface area contributed by atoms with Gasteiger partial charge in [0.15, 0.2) is 9.84 Å². The van der Waals surface area contributed by atoms with Gasteiger partial charge in [-0.2, -0.15) is 0 Å². The van der Waals surface area contributed by atoms with Gasteiger partial charge in [-0.3, -0.25) is 0 Å². The zero-order valence-electron chi connectivity index (χ0n) is 11.0. The molecule has 102 valence electrons. The molecule has 2 N–H and O–H groups in total. The summed E-state index contributed by atoms with van der Waals surface area (Å²) >= 11 is 0. The molecule has 0 fully saturated rings. The molecule has 0 heterocycles. The Bertz CT molecular complexity index is 498. The van der Waals surface area contributed by atoms with Crippen LogP contribution in [0.3, 0.4) is 0 Å². The fourth-order valence-corrected chi connectivity index (χ4v) is 3.04. The van der Waals surface area contributed by atoms with Crippen molar-refractivity contribution in [2.45, 2.75) is 38.5 Å². The highest BCUT2D eigenvalue weighted by molar-refractivity contribution is 7.91. The number of hydrogen-bond donors (Lipinski definition) is 1. The first-order valence-corrected chi connectivity index (χ1v) is 7.54. The Balaban J connectivity index is 2.80. The van der Waals surface area contributed by atoms with E-state index in [0.717, 1.165) is 18.6 Å². The third-order valence-electron chi connectivity index (χ3n) is 2.59. The molecule has 0 bridgehead atoms. The van der Waals surface area contributed by atoms with E-state index < -0.39 is 15.7 Å². The van der Waals surface area contributed by atoms with E-state index in [1.807, 2.05) is 0 Å². The highest BCUT2D eigenvalue weighted by Crippen LogP contribution is 2.23. The molecule has 1 aromatic carbocycles. The van der Waals surface area contributed by atoms with E-state index in [0.29, 0.717) is 6.42 Å². The van der Waals surface area contributed by atoms with Gasteiger partial charge in [0.1, 0.15) is 5.82 Å². The highest BCUT2D eigenvalue weighted by atomic mass is 32.2. The number of rotatable bonds is 4. The third kappa shape index (κ3) is 4.64. The summed E-state index contributed by atoms with van der Waals surface area (Å²) in [4.78, 5) is -0.0334. The largest absolute Gasteiger partial charge is 0.399 e. The molecule has 0 saturated carbocycles. The number of nitrogens with two attached hydrogens (primary N) is 1. The first kappa shape index (κ1) is 15.0. The summed E-state index contributed by atoms with van der Waals surface area (Å²) in [5, 5.41) is 0. The Morgan fingerprint density at radius 2 is 1.83 bits per heavy atom. The number of hydrogen-bond acceptors (Lipinski definition) is 3. The maximum Gasteiger partial charge on any atom is 0.178 e. The van der Waals surface area contributed by atoms with Crippen LogP contribution in [0.2, 0.25) is 0 Å². The van der Waals surface area contributed by atoms with Crippen molar-refractivity contribution in [1.29, 1.82) is 0 Å². The van der Waals surface area contributed by atoms with Crippen LogP contribution in [-0.2, 0) is 9.84 Å². The van der Waals surface area contributed by atoms with Crippen molar-refractivity contribution in [1.82, 2.24) is 0 Å². The molecule has 0 spiro atoms. The van der Waals surface area contributed by atoms with E-state index in [2.05, 4.69) is 20.8 Å². The maximum absolute atomic E-state index is 13.1. The second-order valence-corrected chi connectivity index (χ2v) is 7.81. The molecule has 0 unspecified atom stereocenters. The summed E-state index contributed by atoms with van der Waals surface area (Å²) in [5.41, 5.74) is 5.67. The van der Waals surface area contributed by atoms with Gasteiger partial charge in [0, 0.05) is 5.69 Å². The first-order valence-electron chi connectivity index (χ1n) is 5.89. The zero-order chi connectivity index (χ0) is 14.0. The minimum atomic E-state index is -3.45. The number of halogens is 1. The molecule has 5 heteroatoms. The average molecular weight is 273 g/mol. The van der Waals surface area contributed by atoms with Crippen LogP contribution in [0.5, 0.6) is 0 Å². The third-order valence-corrected chi connectivity index (χ3v) is 4.37. The molecule has 18 heavy (non-hydrogen) atoms. The van der Waals surface area contributed by atoms with Crippen LogP contribution in [-0.4, -0.2) is 14.2 Å². The normalized spacial score (nSPS) is 12.7. The van der Waals surface area contributed by atoms with Gasteiger partial charge in [-0.15, -0.1) is 0 Å². The number of benzene rings is 1. The molecule has 0 aliphatic carbocycles. The molecule has 0 aliphatic rings. The lowest BCUT2D eigenvalue weighted by atomic mass is 9.91. The van der Waals surface area contributed by atoms with Gasteiger partial charge in [0.05, 0.1) is 10.6 Å². The smallest absolute Gasteiger partial charge is 0.178 e. The van der Waals surface area contributed by atoms with Crippen molar-refractivity contribution >= 4 is 15.5 Å². The standard InChI is InChI=1S/C13H20FNO2S/c1-13(2,3)5-4-6-18(16,17)12-8-10(14)7-11(15)9-12/h7-9H,4-6,15H2,1-3H3. The predicted octanol–water partition coefficient (Wildman–Crippen LogP) is 3.01. The summed E-state index contributed by atoms with van der Waals surface area (Å²) in [7, 11) is -3.45. The number of nitrogen functional groups attached to an aromatic ring is 1. The lowest BCUT2D eigenvalue weighted by molar-refractivity contribution is 0.373. The summed E-state index contributed by atoms with van der Waals surface area (Å²) in [6.07, 6.45) is 1.36. The van der Waals surface area contributed by atoms with Crippen LogP contribution < -0.4 is 5.73 Å². The second-order valence-electron chi connectivity index (χ2n) is 5.70. The number of sulfone groups is 1. The van der Waals surface area contributed by atoms with E-state index in [-0.39, 0.29) is 21.8 Å². The van der Waals surface area contributed by atoms with E-state index >= 15 is 0 Å². The van der Waals surface area contributed by atoms with Crippen molar-refractivity contribution in [3.05, 3.63) is 24.0 Å². The number of anilines is 1. The van der Waals surface area contributed by atoms with E-state index in [9.17, 15) is 12.8 Å². The molecule has 3 nitrogen and oxygen atoms in total. The predicted molar refractivity (Wildman–Crippen MR) is 71.6 cm³/mol. The highest BCUT2D eigenvalue weighted by Gasteiger charge is 2.18. The molecule has 1 rings (SSSR count). The lowest BCUT2D eigenvalue weighted by Gasteiger charge is -2.17.